The lowest BCUT2D eigenvalue weighted by atomic mass is 10.0. The van der Waals surface area contributed by atoms with E-state index in [2.05, 4.69) is 19.7 Å². The van der Waals surface area contributed by atoms with E-state index in [4.69, 9.17) is 0 Å². The van der Waals surface area contributed by atoms with E-state index in [0.29, 0.717) is 16.6 Å². The lowest BCUT2D eigenvalue weighted by molar-refractivity contribution is -0.0507. The number of halogens is 3. The van der Waals surface area contributed by atoms with Gasteiger partial charge in [-0.25, -0.2) is 19.3 Å². The van der Waals surface area contributed by atoms with E-state index in [1.165, 1.54) is 24.5 Å². The van der Waals surface area contributed by atoms with Crippen molar-refractivity contribution in [2.75, 3.05) is 0 Å². The molecule has 7 nitrogen and oxygen atoms in total. The van der Waals surface area contributed by atoms with Gasteiger partial charge in [-0.15, -0.1) is 0 Å². The first-order valence-corrected chi connectivity index (χ1v) is 10.6. The fraction of sp³-hybridized carbons (Fsp3) is 0.292. The van der Waals surface area contributed by atoms with Gasteiger partial charge in [0.1, 0.15) is 28.8 Å². The number of benzene rings is 2. The van der Waals surface area contributed by atoms with Crippen LogP contribution < -0.4 is 4.74 Å². The van der Waals surface area contributed by atoms with Gasteiger partial charge in [0.15, 0.2) is 11.6 Å². The number of nitrogens with zero attached hydrogens (tertiary/aromatic N) is 4. The molecule has 3 heterocycles. The fourth-order valence-electron chi connectivity index (χ4n) is 4.37. The second kappa shape index (κ2) is 8.07. The Morgan fingerprint density at radius 3 is 2.50 bits per heavy atom. The highest BCUT2D eigenvalue weighted by Crippen LogP contribution is 2.45. The largest absolute Gasteiger partial charge is 0.434 e. The smallest absolute Gasteiger partial charge is 0.387 e. The van der Waals surface area contributed by atoms with Crippen LogP contribution in [0.2, 0.25) is 0 Å². The number of aromatic nitrogens is 4. The highest BCUT2D eigenvalue weighted by Gasteiger charge is 2.37. The van der Waals surface area contributed by atoms with Crippen LogP contribution in [0.15, 0.2) is 48.8 Å². The Kier molecular flexibility index (Phi) is 5.29. The average Bonchev–Trinajstić information content (AvgIpc) is 3.31. The highest BCUT2D eigenvalue weighted by molar-refractivity contribution is 5.84. The van der Waals surface area contributed by atoms with Crippen molar-refractivity contribution in [3.8, 4) is 16.9 Å². The summed E-state index contributed by atoms with van der Waals surface area (Å²) < 4.78 is 48.1. The molecule has 0 unspecified atom stereocenters. The van der Waals surface area contributed by atoms with Crippen LogP contribution in [0.1, 0.15) is 49.6 Å². The van der Waals surface area contributed by atoms with Crippen molar-refractivity contribution in [3.63, 3.8) is 0 Å². The molecule has 0 radical (unpaired) electrons. The van der Waals surface area contributed by atoms with Crippen molar-refractivity contribution in [1.82, 2.24) is 19.5 Å². The van der Waals surface area contributed by atoms with Gasteiger partial charge < -0.3 is 19.5 Å². The third-order valence-electron chi connectivity index (χ3n) is 5.88. The maximum absolute atomic E-state index is 15.9. The molecular weight excluding hydrogens is 449 g/mol. The maximum atomic E-state index is 15.9. The number of aliphatic hydroxyl groups excluding tert-OH is 1. The molecule has 0 saturated carbocycles. The molecule has 10 heteroatoms. The molecular formula is C24H21F3N4O3. The molecule has 0 fully saturated rings. The predicted octanol–water partition coefficient (Wildman–Crippen LogP) is 4.49. The summed E-state index contributed by atoms with van der Waals surface area (Å²) in [5.74, 6) is -0.211. The molecule has 176 valence electrons. The minimum absolute atomic E-state index is 0.0448. The normalized spacial score (nSPS) is 18.0. The highest BCUT2D eigenvalue weighted by atomic mass is 19.3. The van der Waals surface area contributed by atoms with E-state index in [9.17, 15) is 19.0 Å². The molecule has 1 aliphatic rings. The van der Waals surface area contributed by atoms with E-state index in [0.717, 1.165) is 0 Å². The monoisotopic (exact) mass is 470 g/mol. The molecule has 2 atom stereocenters. The van der Waals surface area contributed by atoms with Crippen LogP contribution in [0.5, 0.6) is 5.75 Å². The van der Waals surface area contributed by atoms with Gasteiger partial charge in [-0.2, -0.15) is 8.78 Å². The van der Waals surface area contributed by atoms with Gasteiger partial charge in [0.25, 0.3) is 0 Å². The first kappa shape index (κ1) is 22.3. The predicted molar refractivity (Wildman–Crippen MR) is 117 cm³/mol. The molecule has 2 N–H and O–H groups in total. The Morgan fingerprint density at radius 2 is 1.82 bits per heavy atom. The van der Waals surface area contributed by atoms with Crippen LogP contribution in [-0.2, 0) is 5.60 Å². The number of alkyl halides is 2. The standard InChI is InChI=1S/C24H21F3N4O3/c1-24(2,33)22-28-10-12(11-29-22)13-7-8-15-20(19(13)25)31-16(9-17(32)21(31)30-15)14-5-3-4-6-18(14)34-23(26)27/h3-8,10-11,16-17,23,32-33H,9H2,1-2H3/t16-,17-/m1/s1. The molecule has 34 heavy (non-hydrogen) atoms. The van der Waals surface area contributed by atoms with Gasteiger partial charge in [0.05, 0.1) is 11.6 Å². The Morgan fingerprint density at radius 1 is 1.12 bits per heavy atom. The molecule has 1 aliphatic heterocycles. The van der Waals surface area contributed by atoms with Crippen molar-refractivity contribution in [3.05, 3.63) is 71.8 Å². The summed E-state index contributed by atoms with van der Waals surface area (Å²) in [5, 5.41) is 20.7. The molecule has 0 bridgehead atoms. The summed E-state index contributed by atoms with van der Waals surface area (Å²) >= 11 is 0. The van der Waals surface area contributed by atoms with Gasteiger partial charge >= 0.3 is 6.61 Å². The number of para-hydroxylation sites is 1. The SMILES string of the molecule is CC(C)(O)c1ncc(-c2ccc3nc4n(c3c2F)[C@@H](c2ccccc2OC(F)F)C[C@H]4O)cn1. The Labute approximate surface area is 192 Å². The van der Waals surface area contributed by atoms with Crippen LogP contribution in [0.25, 0.3) is 22.2 Å². The minimum atomic E-state index is -3.03. The van der Waals surface area contributed by atoms with Crippen LogP contribution in [-0.4, -0.2) is 36.3 Å². The number of hydrogen-bond donors (Lipinski definition) is 2. The van der Waals surface area contributed by atoms with Crippen molar-refractivity contribution in [1.29, 1.82) is 0 Å². The zero-order valence-electron chi connectivity index (χ0n) is 18.3. The molecule has 0 amide bonds. The van der Waals surface area contributed by atoms with Crippen molar-refractivity contribution >= 4 is 11.0 Å². The first-order chi connectivity index (χ1) is 16.1. The number of imidazole rings is 1. The second-order valence-electron chi connectivity index (χ2n) is 8.67. The zero-order chi connectivity index (χ0) is 24.2. The first-order valence-electron chi connectivity index (χ1n) is 10.6. The molecule has 0 spiro atoms. The summed E-state index contributed by atoms with van der Waals surface area (Å²) in [5.41, 5.74) is 0.190. The van der Waals surface area contributed by atoms with E-state index in [-0.39, 0.29) is 34.9 Å². The maximum Gasteiger partial charge on any atom is 0.387 e. The average molecular weight is 470 g/mol. The van der Waals surface area contributed by atoms with E-state index in [1.54, 1.807) is 42.7 Å². The summed E-state index contributed by atoms with van der Waals surface area (Å²) in [4.78, 5) is 12.7. The summed E-state index contributed by atoms with van der Waals surface area (Å²) in [6.45, 7) is 0.0676. The van der Waals surface area contributed by atoms with Gasteiger partial charge in [-0.05, 0) is 32.0 Å². The van der Waals surface area contributed by atoms with Crippen LogP contribution in [0.3, 0.4) is 0 Å². The molecule has 2 aromatic heterocycles. The van der Waals surface area contributed by atoms with Gasteiger partial charge in [0.2, 0.25) is 0 Å². The molecule has 2 aromatic carbocycles. The molecule has 4 aromatic rings. The summed E-state index contributed by atoms with van der Waals surface area (Å²) in [6.07, 6.45) is 1.97. The van der Waals surface area contributed by atoms with Gasteiger partial charge in [-0.3, -0.25) is 0 Å². The number of rotatable bonds is 5. The molecule has 0 aliphatic carbocycles. The minimum Gasteiger partial charge on any atom is -0.434 e. The van der Waals surface area contributed by atoms with Crippen molar-refractivity contribution < 1.29 is 28.1 Å². The Hall–Kier alpha value is -3.50. The molecule has 0 saturated heterocycles. The number of aliphatic hydroxyl groups is 2. The van der Waals surface area contributed by atoms with E-state index >= 15 is 4.39 Å². The quantitative estimate of drug-likeness (QED) is 0.447. The molecule has 5 rings (SSSR count). The lowest BCUT2D eigenvalue weighted by Crippen LogP contribution is -2.19. The second-order valence-corrected chi connectivity index (χ2v) is 8.67. The number of hydrogen-bond acceptors (Lipinski definition) is 6. The van der Waals surface area contributed by atoms with Crippen LogP contribution in [0, 0.1) is 5.82 Å². The van der Waals surface area contributed by atoms with Crippen molar-refractivity contribution in [2.24, 2.45) is 0 Å². The van der Waals surface area contributed by atoms with Gasteiger partial charge in [-0.1, -0.05) is 18.2 Å². The Bertz CT molecular complexity index is 1370. The Balaban J connectivity index is 1.65. The summed E-state index contributed by atoms with van der Waals surface area (Å²) in [7, 11) is 0. The van der Waals surface area contributed by atoms with E-state index in [1.807, 2.05) is 0 Å². The third kappa shape index (κ3) is 3.68. The van der Waals surface area contributed by atoms with Crippen LogP contribution in [0.4, 0.5) is 13.2 Å². The summed E-state index contributed by atoms with van der Waals surface area (Å²) in [6, 6.07) is 8.75. The number of ether oxygens (including phenoxy) is 1. The van der Waals surface area contributed by atoms with Gasteiger partial charge in [0, 0.05) is 35.5 Å². The number of fused-ring (bicyclic) bond motifs is 3. The van der Waals surface area contributed by atoms with Crippen molar-refractivity contribution in [2.45, 2.75) is 44.6 Å². The van der Waals surface area contributed by atoms with E-state index < -0.39 is 30.2 Å². The zero-order valence-corrected chi connectivity index (χ0v) is 18.3. The fourth-order valence-corrected chi connectivity index (χ4v) is 4.37. The van der Waals surface area contributed by atoms with Crippen LogP contribution >= 0.6 is 0 Å². The lowest BCUT2D eigenvalue weighted by Gasteiger charge is -2.19. The topological polar surface area (TPSA) is 93.3 Å². The third-order valence-corrected chi connectivity index (χ3v) is 5.88.